The minimum absolute atomic E-state index is 0.0807. The van der Waals surface area contributed by atoms with E-state index in [0.29, 0.717) is 11.4 Å². The van der Waals surface area contributed by atoms with Crippen LogP contribution in [-0.2, 0) is 6.42 Å². The summed E-state index contributed by atoms with van der Waals surface area (Å²) in [5.41, 5.74) is 9.23. The maximum Gasteiger partial charge on any atom is 0.266 e. The van der Waals surface area contributed by atoms with E-state index < -0.39 is 0 Å². The first-order valence-electron chi connectivity index (χ1n) is 5.86. The van der Waals surface area contributed by atoms with E-state index >= 15 is 0 Å². The first-order chi connectivity index (χ1) is 8.63. The van der Waals surface area contributed by atoms with Gasteiger partial charge < -0.3 is 11.1 Å². The van der Waals surface area contributed by atoms with Crippen molar-refractivity contribution in [2.45, 2.75) is 20.3 Å². The molecule has 0 atom stereocenters. The second-order valence-electron chi connectivity index (χ2n) is 4.12. The van der Waals surface area contributed by atoms with Crippen molar-refractivity contribution in [2.24, 2.45) is 0 Å². The van der Waals surface area contributed by atoms with Crippen molar-refractivity contribution in [3.8, 4) is 0 Å². The predicted molar refractivity (Wildman–Crippen MR) is 77.2 cm³/mol. The molecule has 3 nitrogen and oxygen atoms in total. The standard InChI is InChI=1S/C14H16N2OS/c1-3-10-7-8-18-13(10)14(17)16-12-9(2)5-4-6-11(12)15/h4-8H,3,15H2,1-2H3,(H,16,17). The highest BCUT2D eigenvalue weighted by atomic mass is 32.1. The number of nitrogen functional groups attached to an aromatic ring is 1. The summed E-state index contributed by atoms with van der Waals surface area (Å²) in [7, 11) is 0. The number of thiophene rings is 1. The number of para-hydroxylation sites is 1. The molecule has 0 unspecified atom stereocenters. The molecule has 0 fully saturated rings. The number of amides is 1. The fourth-order valence-corrected chi connectivity index (χ4v) is 2.74. The lowest BCUT2D eigenvalue weighted by Crippen LogP contribution is -2.14. The minimum atomic E-state index is -0.0807. The molecule has 0 saturated heterocycles. The monoisotopic (exact) mass is 260 g/mol. The number of carbonyl (C=O) groups excluding carboxylic acids is 1. The largest absolute Gasteiger partial charge is 0.397 e. The Labute approximate surface area is 111 Å². The second kappa shape index (κ2) is 5.23. The van der Waals surface area contributed by atoms with Gasteiger partial charge in [-0.1, -0.05) is 19.1 Å². The number of anilines is 2. The Morgan fingerprint density at radius 2 is 2.17 bits per heavy atom. The highest BCUT2D eigenvalue weighted by molar-refractivity contribution is 7.12. The first-order valence-corrected chi connectivity index (χ1v) is 6.74. The molecule has 0 aliphatic rings. The molecule has 2 rings (SSSR count). The number of rotatable bonds is 3. The molecule has 4 heteroatoms. The van der Waals surface area contributed by atoms with Crippen LogP contribution in [0.15, 0.2) is 29.6 Å². The number of nitrogens with two attached hydrogens (primary N) is 1. The summed E-state index contributed by atoms with van der Waals surface area (Å²) in [5.74, 6) is -0.0807. The number of hydrogen-bond acceptors (Lipinski definition) is 3. The maximum atomic E-state index is 12.2. The fraction of sp³-hybridized carbons (Fsp3) is 0.214. The van der Waals surface area contributed by atoms with Crippen molar-refractivity contribution in [3.05, 3.63) is 45.6 Å². The van der Waals surface area contributed by atoms with Crippen molar-refractivity contribution in [1.82, 2.24) is 0 Å². The van der Waals surface area contributed by atoms with Gasteiger partial charge in [-0.05, 0) is 42.0 Å². The summed E-state index contributed by atoms with van der Waals surface area (Å²) < 4.78 is 0. The molecule has 0 bridgehead atoms. The third-order valence-corrected chi connectivity index (χ3v) is 3.83. The Balaban J connectivity index is 2.27. The Bertz CT molecular complexity index is 555. The van der Waals surface area contributed by atoms with E-state index in [2.05, 4.69) is 5.32 Å². The Kier molecular flexibility index (Phi) is 3.67. The molecular weight excluding hydrogens is 244 g/mol. The van der Waals surface area contributed by atoms with E-state index in [4.69, 9.17) is 5.73 Å². The van der Waals surface area contributed by atoms with Crippen molar-refractivity contribution >= 4 is 28.6 Å². The summed E-state index contributed by atoms with van der Waals surface area (Å²) >= 11 is 1.46. The van der Waals surface area contributed by atoms with E-state index in [1.807, 2.05) is 37.4 Å². The van der Waals surface area contributed by atoms with Gasteiger partial charge in [0.25, 0.3) is 5.91 Å². The van der Waals surface area contributed by atoms with Crippen LogP contribution in [0.5, 0.6) is 0 Å². The van der Waals surface area contributed by atoms with Gasteiger partial charge >= 0.3 is 0 Å². The Hall–Kier alpha value is -1.81. The molecule has 1 heterocycles. The Morgan fingerprint density at radius 1 is 1.39 bits per heavy atom. The number of nitrogens with one attached hydrogen (secondary N) is 1. The lowest BCUT2D eigenvalue weighted by Gasteiger charge is -2.11. The summed E-state index contributed by atoms with van der Waals surface area (Å²) in [4.78, 5) is 13.0. The van der Waals surface area contributed by atoms with Gasteiger partial charge in [-0.3, -0.25) is 4.79 Å². The zero-order valence-corrected chi connectivity index (χ0v) is 11.3. The van der Waals surface area contributed by atoms with Gasteiger partial charge in [0.1, 0.15) is 0 Å². The topological polar surface area (TPSA) is 55.1 Å². The third kappa shape index (κ3) is 2.38. The van der Waals surface area contributed by atoms with Gasteiger partial charge in [0.05, 0.1) is 16.3 Å². The van der Waals surface area contributed by atoms with Gasteiger partial charge in [-0.25, -0.2) is 0 Å². The lowest BCUT2D eigenvalue weighted by atomic mass is 10.1. The van der Waals surface area contributed by atoms with Gasteiger partial charge in [0.15, 0.2) is 0 Å². The fourth-order valence-electron chi connectivity index (χ4n) is 1.84. The van der Waals surface area contributed by atoms with E-state index in [9.17, 15) is 4.79 Å². The van der Waals surface area contributed by atoms with Crippen LogP contribution in [0.2, 0.25) is 0 Å². The average molecular weight is 260 g/mol. The zero-order valence-electron chi connectivity index (χ0n) is 10.5. The van der Waals surface area contributed by atoms with E-state index in [0.717, 1.165) is 22.4 Å². The SMILES string of the molecule is CCc1ccsc1C(=O)Nc1c(C)cccc1N. The number of carbonyl (C=O) groups is 1. The van der Waals surface area contributed by atoms with Crippen LogP contribution in [-0.4, -0.2) is 5.91 Å². The summed E-state index contributed by atoms with van der Waals surface area (Å²) in [5, 5.41) is 4.84. The highest BCUT2D eigenvalue weighted by Crippen LogP contribution is 2.25. The quantitative estimate of drug-likeness (QED) is 0.830. The van der Waals surface area contributed by atoms with Gasteiger partial charge in [-0.15, -0.1) is 11.3 Å². The van der Waals surface area contributed by atoms with Crippen LogP contribution in [0, 0.1) is 6.92 Å². The molecule has 0 aliphatic heterocycles. The number of aryl methyl sites for hydroxylation is 2. The van der Waals surface area contributed by atoms with Gasteiger partial charge in [0.2, 0.25) is 0 Å². The van der Waals surface area contributed by atoms with Gasteiger partial charge in [0, 0.05) is 0 Å². The van der Waals surface area contributed by atoms with Crippen LogP contribution in [0.3, 0.4) is 0 Å². The van der Waals surface area contributed by atoms with Crippen LogP contribution < -0.4 is 11.1 Å². The molecule has 18 heavy (non-hydrogen) atoms. The molecule has 1 aromatic heterocycles. The van der Waals surface area contributed by atoms with Crippen LogP contribution in [0.4, 0.5) is 11.4 Å². The number of benzene rings is 1. The molecule has 94 valence electrons. The highest BCUT2D eigenvalue weighted by Gasteiger charge is 2.14. The molecule has 0 spiro atoms. The van der Waals surface area contributed by atoms with E-state index in [1.54, 1.807) is 6.07 Å². The van der Waals surface area contributed by atoms with Crippen LogP contribution >= 0.6 is 11.3 Å². The average Bonchev–Trinajstić information content (AvgIpc) is 2.82. The van der Waals surface area contributed by atoms with Crippen LogP contribution in [0.1, 0.15) is 27.7 Å². The molecule has 0 aliphatic carbocycles. The molecule has 2 aromatic rings. The maximum absolute atomic E-state index is 12.2. The summed E-state index contributed by atoms with van der Waals surface area (Å²) in [6.45, 7) is 3.97. The second-order valence-corrected chi connectivity index (χ2v) is 5.04. The van der Waals surface area contributed by atoms with Gasteiger partial charge in [-0.2, -0.15) is 0 Å². The first kappa shape index (κ1) is 12.6. The third-order valence-electron chi connectivity index (χ3n) is 2.88. The summed E-state index contributed by atoms with van der Waals surface area (Å²) in [6, 6.07) is 7.59. The van der Waals surface area contributed by atoms with Crippen molar-refractivity contribution < 1.29 is 4.79 Å². The van der Waals surface area contributed by atoms with E-state index in [-0.39, 0.29) is 5.91 Å². The van der Waals surface area contributed by atoms with Crippen LogP contribution in [0.25, 0.3) is 0 Å². The van der Waals surface area contributed by atoms with E-state index in [1.165, 1.54) is 11.3 Å². The minimum Gasteiger partial charge on any atom is -0.397 e. The summed E-state index contributed by atoms with van der Waals surface area (Å²) in [6.07, 6.45) is 0.857. The molecule has 3 N–H and O–H groups in total. The molecule has 1 aromatic carbocycles. The molecular formula is C14H16N2OS. The van der Waals surface area contributed by atoms with Crippen molar-refractivity contribution in [3.63, 3.8) is 0 Å². The zero-order chi connectivity index (χ0) is 13.1. The van der Waals surface area contributed by atoms with Crippen molar-refractivity contribution in [2.75, 3.05) is 11.1 Å². The van der Waals surface area contributed by atoms with Crippen molar-refractivity contribution in [1.29, 1.82) is 0 Å². The Morgan fingerprint density at radius 3 is 2.83 bits per heavy atom. The molecule has 0 radical (unpaired) electrons. The normalized spacial score (nSPS) is 10.3. The predicted octanol–water partition coefficient (Wildman–Crippen LogP) is 3.45. The number of hydrogen-bond donors (Lipinski definition) is 2. The lowest BCUT2D eigenvalue weighted by molar-refractivity contribution is 0.103. The molecule has 0 saturated carbocycles. The smallest absolute Gasteiger partial charge is 0.266 e. The molecule has 1 amide bonds.